The smallest absolute Gasteiger partial charge is 0.256 e. The van der Waals surface area contributed by atoms with Crippen LogP contribution in [0.15, 0.2) is 34.4 Å². The summed E-state index contributed by atoms with van der Waals surface area (Å²) in [6.07, 6.45) is 22.0. The first-order valence-corrected chi connectivity index (χ1v) is 20.3. The van der Waals surface area contributed by atoms with E-state index < -0.39 is 0 Å². The average Bonchev–Trinajstić information content (AvgIpc) is 3.95. The summed E-state index contributed by atoms with van der Waals surface area (Å²) in [5.74, 6) is 0.779. The first kappa shape index (κ1) is 37.4. The molecule has 8 rings (SSSR count). The zero-order valence-electron chi connectivity index (χ0n) is 31.8. The summed E-state index contributed by atoms with van der Waals surface area (Å²) in [5.41, 5.74) is 1.02. The number of anilines is 2. The van der Waals surface area contributed by atoms with Gasteiger partial charge in [-0.3, -0.25) is 19.2 Å². The highest BCUT2D eigenvalue weighted by Crippen LogP contribution is 2.22. The molecule has 0 aromatic carbocycles. The van der Waals surface area contributed by atoms with Crippen molar-refractivity contribution in [3.63, 3.8) is 0 Å². The molecule has 2 aliphatic heterocycles. The Kier molecular flexibility index (Phi) is 11.8. The molecule has 2 saturated heterocycles. The number of hydrogen-bond donors (Lipinski definition) is 2. The maximum atomic E-state index is 12.9. The minimum absolute atomic E-state index is 0.171. The van der Waals surface area contributed by atoms with Crippen molar-refractivity contribution in [3.05, 3.63) is 56.4 Å². The molecule has 54 heavy (non-hydrogen) atoms. The highest BCUT2D eigenvalue weighted by atomic mass is 16.2. The molecule has 2 N–H and O–H groups in total. The molecule has 0 unspecified atom stereocenters. The second-order valence-electron chi connectivity index (χ2n) is 15.1. The fraction of sp³-hybridized carbons (Fsp3) is 0.600. The van der Waals surface area contributed by atoms with Gasteiger partial charge in [-0.1, -0.05) is 38.5 Å². The topological polar surface area (TPSA) is 160 Å². The van der Waals surface area contributed by atoms with Crippen LogP contribution in [0.4, 0.5) is 11.9 Å². The summed E-state index contributed by atoms with van der Waals surface area (Å²) < 4.78 is 3.77. The standard InChI is InChI=1S/2C20H27N5O2/c2*1-2-24-13-16(19(27)22-14-8-4-3-5-9-14)17(26)15-12-21-20(23-18(15)24)25-10-6-7-11-25/h2*12-14H,2-11H2,1H3,(H,22,27). The van der Waals surface area contributed by atoms with E-state index in [0.717, 1.165) is 103 Å². The number of fused-ring (bicyclic) bond motifs is 2. The third-order valence-electron chi connectivity index (χ3n) is 11.4. The van der Waals surface area contributed by atoms with Crippen molar-refractivity contribution in [2.24, 2.45) is 0 Å². The molecule has 4 aliphatic rings. The lowest BCUT2D eigenvalue weighted by atomic mass is 9.95. The number of carbonyl (C=O) groups is 2. The molecule has 0 bridgehead atoms. The molecule has 4 fully saturated rings. The quantitative estimate of drug-likeness (QED) is 0.253. The molecule has 4 aromatic heterocycles. The van der Waals surface area contributed by atoms with Crippen molar-refractivity contribution in [3.8, 4) is 0 Å². The molecule has 0 spiro atoms. The van der Waals surface area contributed by atoms with Crippen LogP contribution in [-0.2, 0) is 13.1 Å². The Morgan fingerprint density at radius 1 is 0.593 bits per heavy atom. The number of nitrogens with zero attached hydrogens (tertiary/aromatic N) is 8. The van der Waals surface area contributed by atoms with Gasteiger partial charge in [-0.05, 0) is 65.2 Å². The van der Waals surface area contributed by atoms with Crippen molar-refractivity contribution in [2.75, 3.05) is 36.0 Å². The van der Waals surface area contributed by atoms with Gasteiger partial charge in [-0.2, -0.15) is 9.97 Å². The fourth-order valence-corrected chi connectivity index (χ4v) is 8.29. The number of pyridine rings is 2. The second kappa shape index (κ2) is 17.1. The zero-order chi connectivity index (χ0) is 37.6. The van der Waals surface area contributed by atoms with Crippen molar-refractivity contribution in [1.29, 1.82) is 0 Å². The molecule has 0 radical (unpaired) electrons. The second-order valence-corrected chi connectivity index (χ2v) is 15.1. The van der Waals surface area contributed by atoms with Crippen LogP contribution in [0.5, 0.6) is 0 Å². The number of hydrogen-bond acceptors (Lipinski definition) is 10. The molecule has 4 aromatic rings. The number of rotatable bonds is 8. The molecular formula is C40H54N10O4. The van der Waals surface area contributed by atoms with Crippen molar-refractivity contribution >= 4 is 45.8 Å². The lowest BCUT2D eigenvalue weighted by Gasteiger charge is -2.23. The maximum Gasteiger partial charge on any atom is 0.256 e. The molecule has 288 valence electrons. The van der Waals surface area contributed by atoms with Crippen molar-refractivity contribution in [2.45, 2.75) is 129 Å². The third-order valence-corrected chi connectivity index (χ3v) is 11.4. The van der Waals surface area contributed by atoms with Gasteiger partial charge in [0.2, 0.25) is 22.8 Å². The Morgan fingerprint density at radius 2 is 0.963 bits per heavy atom. The lowest BCUT2D eigenvalue weighted by Crippen LogP contribution is -2.38. The van der Waals surface area contributed by atoms with Gasteiger partial charge in [0, 0.05) is 76.1 Å². The maximum absolute atomic E-state index is 12.9. The molecule has 2 aliphatic carbocycles. The Hall–Kier alpha value is -4.88. The largest absolute Gasteiger partial charge is 0.349 e. The molecule has 14 heteroatoms. The van der Waals surface area contributed by atoms with E-state index in [9.17, 15) is 19.2 Å². The van der Waals surface area contributed by atoms with Crippen molar-refractivity contribution < 1.29 is 9.59 Å². The lowest BCUT2D eigenvalue weighted by molar-refractivity contribution is 0.0917. The van der Waals surface area contributed by atoms with Crippen LogP contribution in [-0.4, -0.2) is 79.1 Å². The van der Waals surface area contributed by atoms with Crippen LogP contribution in [0, 0.1) is 0 Å². The Balaban J connectivity index is 0.000000167. The zero-order valence-corrected chi connectivity index (χ0v) is 31.8. The van der Waals surface area contributed by atoms with Crippen LogP contribution < -0.4 is 31.3 Å². The van der Waals surface area contributed by atoms with Crippen molar-refractivity contribution in [1.82, 2.24) is 39.7 Å². The van der Waals surface area contributed by atoms with Gasteiger partial charge >= 0.3 is 0 Å². The van der Waals surface area contributed by atoms with E-state index in [0.29, 0.717) is 47.1 Å². The summed E-state index contributed by atoms with van der Waals surface area (Å²) in [4.78, 5) is 73.8. The van der Waals surface area contributed by atoms with E-state index in [2.05, 4.69) is 40.4 Å². The van der Waals surface area contributed by atoms with Crippen LogP contribution in [0.25, 0.3) is 22.1 Å². The number of aromatic nitrogens is 6. The van der Waals surface area contributed by atoms with Crippen LogP contribution in [0.2, 0.25) is 0 Å². The normalized spacial score (nSPS) is 18.2. The summed E-state index contributed by atoms with van der Waals surface area (Å²) in [7, 11) is 0. The highest BCUT2D eigenvalue weighted by Gasteiger charge is 2.24. The van der Waals surface area contributed by atoms with E-state index >= 15 is 0 Å². The van der Waals surface area contributed by atoms with Gasteiger partial charge in [-0.25, -0.2) is 9.97 Å². The van der Waals surface area contributed by atoms with Crippen LogP contribution in [0.3, 0.4) is 0 Å². The van der Waals surface area contributed by atoms with Crippen LogP contribution in [0.1, 0.15) is 124 Å². The first-order valence-electron chi connectivity index (χ1n) is 20.3. The molecule has 2 amide bonds. The van der Waals surface area contributed by atoms with Gasteiger partial charge in [-0.15, -0.1) is 0 Å². The average molecular weight is 739 g/mol. The first-order chi connectivity index (χ1) is 26.3. The predicted octanol–water partition coefficient (Wildman–Crippen LogP) is 4.95. The Bertz CT molecular complexity index is 1940. The van der Waals surface area contributed by atoms with Gasteiger partial charge < -0.3 is 29.6 Å². The SMILES string of the molecule is CCn1cc(C(=O)NC2CCCCC2)c(=O)c2cnc(N3CCCC3)nc21.CCn1cc(C(=O)NC2CCCCC2)c(=O)c2cnc(N3CCCC3)nc21. The number of amides is 2. The predicted molar refractivity (Wildman–Crippen MR) is 211 cm³/mol. The Labute approximate surface area is 315 Å². The van der Waals surface area contributed by atoms with E-state index in [4.69, 9.17) is 0 Å². The van der Waals surface area contributed by atoms with E-state index in [1.165, 1.54) is 12.8 Å². The minimum atomic E-state index is -0.281. The van der Waals surface area contributed by atoms with Crippen LogP contribution >= 0.6 is 0 Å². The molecular weight excluding hydrogens is 685 g/mol. The number of nitrogens with one attached hydrogen (secondary N) is 2. The minimum Gasteiger partial charge on any atom is -0.349 e. The summed E-state index contributed by atoms with van der Waals surface area (Å²) in [6.45, 7) is 9.05. The highest BCUT2D eigenvalue weighted by molar-refractivity contribution is 5.97. The number of aryl methyl sites for hydroxylation is 2. The third kappa shape index (κ3) is 8.12. The molecule has 14 nitrogen and oxygen atoms in total. The van der Waals surface area contributed by atoms with E-state index in [-0.39, 0.29) is 45.9 Å². The fourth-order valence-electron chi connectivity index (χ4n) is 8.29. The molecule has 2 saturated carbocycles. The monoisotopic (exact) mass is 738 g/mol. The summed E-state index contributed by atoms with van der Waals surface area (Å²) in [5, 5.41) is 6.92. The molecule has 0 atom stereocenters. The van der Waals surface area contributed by atoms with Gasteiger partial charge in [0.25, 0.3) is 11.8 Å². The van der Waals surface area contributed by atoms with Gasteiger partial charge in [0.05, 0.1) is 10.8 Å². The summed E-state index contributed by atoms with van der Waals surface area (Å²) in [6, 6.07) is 0.343. The number of carbonyl (C=O) groups excluding carboxylic acids is 2. The van der Waals surface area contributed by atoms with E-state index in [1.807, 2.05) is 23.0 Å². The summed E-state index contributed by atoms with van der Waals surface area (Å²) >= 11 is 0. The van der Waals surface area contributed by atoms with E-state index in [1.54, 1.807) is 24.8 Å². The van der Waals surface area contributed by atoms with Gasteiger partial charge in [0.15, 0.2) is 0 Å². The Morgan fingerprint density at radius 3 is 1.31 bits per heavy atom. The van der Waals surface area contributed by atoms with Gasteiger partial charge in [0.1, 0.15) is 22.4 Å². The molecule has 6 heterocycles.